The number of esters is 1. The zero-order chi connectivity index (χ0) is 21.1. The standard InChI is InChI=1S/C20H30N6O3/c1-11-6-5-7-16(12(11)2)23-17(27)10-29-18(28)9-8-15-13(3)22-20-24-19(21)25-26(20)14(15)4/h11-12,16H,5-10H2,1-4H3,(H2,21,25)(H,23,27)/t11-,12-,16+/m1/s1. The van der Waals surface area contributed by atoms with Gasteiger partial charge in [0.2, 0.25) is 5.95 Å². The average molecular weight is 402 g/mol. The van der Waals surface area contributed by atoms with Gasteiger partial charge in [-0.05, 0) is 44.1 Å². The number of aryl methyl sites for hydroxylation is 2. The number of fused-ring (bicyclic) bond motifs is 1. The van der Waals surface area contributed by atoms with Crippen molar-refractivity contribution >= 4 is 23.6 Å². The predicted molar refractivity (Wildman–Crippen MR) is 108 cm³/mol. The normalized spacial score (nSPS) is 21.9. The first-order valence-corrected chi connectivity index (χ1v) is 10.2. The van der Waals surface area contributed by atoms with Crippen molar-refractivity contribution in [2.24, 2.45) is 11.8 Å². The quantitative estimate of drug-likeness (QED) is 0.705. The van der Waals surface area contributed by atoms with E-state index in [0.29, 0.717) is 24.0 Å². The summed E-state index contributed by atoms with van der Waals surface area (Å²) in [6.07, 6.45) is 3.89. The number of hydrogen-bond donors (Lipinski definition) is 2. The molecule has 0 bridgehead atoms. The lowest BCUT2D eigenvalue weighted by Gasteiger charge is -2.34. The molecule has 3 N–H and O–H groups in total. The molecule has 1 aliphatic rings. The van der Waals surface area contributed by atoms with Crippen molar-refractivity contribution in [3.63, 3.8) is 0 Å². The zero-order valence-corrected chi connectivity index (χ0v) is 17.6. The van der Waals surface area contributed by atoms with E-state index >= 15 is 0 Å². The Morgan fingerprint density at radius 3 is 2.76 bits per heavy atom. The number of amides is 1. The van der Waals surface area contributed by atoms with Crippen LogP contribution in [0.1, 0.15) is 56.5 Å². The first-order chi connectivity index (χ1) is 13.8. The number of anilines is 1. The number of nitrogens with two attached hydrogens (primary N) is 1. The minimum atomic E-state index is -0.415. The lowest BCUT2D eigenvalue weighted by atomic mass is 9.78. The van der Waals surface area contributed by atoms with Gasteiger partial charge in [-0.15, -0.1) is 5.10 Å². The number of nitrogens with one attached hydrogen (secondary N) is 1. The Morgan fingerprint density at radius 2 is 2.00 bits per heavy atom. The molecule has 2 aromatic heterocycles. The molecule has 0 spiro atoms. The second-order valence-corrected chi connectivity index (χ2v) is 8.04. The second kappa shape index (κ2) is 8.75. The topological polar surface area (TPSA) is 124 Å². The van der Waals surface area contributed by atoms with Crippen LogP contribution in [0.4, 0.5) is 5.95 Å². The van der Waals surface area contributed by atoms with E-state index < -0.39 is 5.97 Å². The summed E-state index contributed by atoms with van der Waals surface area (Å²) in [5, 5.41) is 7.13. The van der Waals surface area contributed by atoms with Crippen molar-refractivity contribution in [2.45, 2.75) is 65.8 Å². The van der Waals surface area contributed by atoms with E-state index in [1.807, 2.05) is 13.8 Å². The maximum absolute atomic E-state index is 12.2. The molecule has 0 aromatic carbocycles. The third-order valence-corrected chi connectivity index (χ3v) is 6.06. The van der Waals surface area contributed by atoms with Gasteiger partial charge >= 0.3 is 5.97 Å². The van der Waals surface area contributed by atoms with Crippen LogP contribution >= 0.6 is 0 Å². The molecule has 2 heterocycles. The van der Waals surface area contributed by atoms with Crippen molar-refractivity contribution in [3.05, 3.63) is 17.0 Å². The number of nitrogen functional groups attached to an aromatic ring is 1. The number of nitrogens with zero attached hydrogens (tertiary/aromatic N) is 4. The Morgan fingerprint density at radius 1 is 1.24 bits per heavy atom. The van der Waals surface area contributed by atoms with Crippen LogP contribution in [0, 0.1) is 25.7 Å². The van der Waals surface area contributed by atoms with Gasteiger partial charge in [0, 0.05) is 23.9 Å². The first kappa shape index (κ1) is 21.0. The van der Waals surface area contributed by atoms with Crippen LogP contribution < -0.4 is 11.1 Å². The van der Waals surface area contributed by atoms with Crippen LogP contribution in [0.25, 0.3) is 5.78 Å². The number of rotatable bonds is 6. The van der Waals surface area contributed by atoms with Crippen LogP contribution in [0.2, 0.25) is 0 Å². The Labute approximate surface area is 170 Å². The second-order valence-electron chi connectivity index (χ2n) is 8.04. The Hall–Kier alpha value is -2.71. The lowest BCUT2D eigenvalue weighted by molar-refractivity contribution is -0.148. The van der Waals surface area contributed by atoms with Gasteiger partial charge in [0.1, 0.15) is 0 Å². The molecule has 29 heavy (non-hydrogen) atoms. The largest absolute Gasteiger partial charge is 0.456 e. The number of aromatic nitrogens is 4. The monoisotopic (exact) mass is 402 g/mol. The van der Waals surface area contributed by atoms with E-state index in [9.17, 15) is 9.59 Å². The Kier molecular flexibility index (Phi) is 6.34. The Bertz CT molecular complexity index is 909. The summed E-state index contributed by atoms with van der Waals surface area (Å²) >= 11 is 0. The number of ether oxygens (including phenoxy) is 1. The van der Waals surface area contributed by atoms with Gasteiger partial charge in [-0.3, -0.25) is 9.59 Å². The highest BCUT2D eigenvalue weighted by Gasteiger charge is 2.28. The molecule has 158 valence electrons. The number of carbonyl (C=O) groups excluding carboxylic acids is 2. The van der Waals surface area contributed by atoms with Crippen molar-refractivity contribution in [1.29, 1.82) is 0 Å². The Balaban J connectivity index is 1.50. The third kappa shape index (κ3) is 4.83. The molecule has 0 saturated heterocycles. The molecule has 2 aromatic rings. The van der Waals surface area contributed by atoms with Gasteiger partial charge in [0.05, 0.1) is 0 Å². The van der Waals surface area contributed by atoms with Crippen molar-refractivity contribution in [1.82, 2.24) is 24.9 Å². The molecule has 3 atom stereocenters. The van der Waals surface area contributed by atoms with Gasteiger partial charge in [0.15, 0.2) is 6.61 Å². The number of hydrogen-bond acceptors (Lipinski definition) is 7. The van der Waals surface area contributed by atoms with Gasteiger partial charge in [-0.25, -0.2) is 4.98 Å². The van der Waals surface area contributed by atoms with Crippen LogP contribution in [-0.4, -0.2) is 44.1 Å². The van der Waals surface area contributed by atoms with Crippen LogP contribution in [0.3, 0.4) is 0 Å². The van der Waals surface area contributed by atoms with Crippen LogP contribution in [0.5, 0.6) is 0 Å². The number of carbonyl (C=O) groups is 2. The fourth-order valence-corrected chi connectivity index (χ4v) is 4.07. The molecule has 0 unspecified atom stereocenters. The summed E-state index contributed by atoms with van der Waals surface area (Å²) in [7, 11) is 0. The van der Waals surface area contributed by atoms with Crippen molar-refractivity contribution in [3.8, 4) is 0 Å². The van der Waals surface area contributed by atoms with E-state index in [2.05, 4.69) is 34.2 Å². The van der Waals surface area contributed by atoms with Gasteiger partial charge in [-0.2, -0.15) is 9.50 Å². The molecular weight excluding hydrogens is 372 g/mol. The van der Waals surface area contributed by atoms with Gasteiger partial charge in [-0.1, -0.05) is 26.7 Å². The predicted octanol–water partition coefficient (Wildman–Crippen LogP) is 1.74. The minimum absolute atomic E-state index is 0.156. The molecular formula is C20H30N6O3. The highest BCUT2D eigenvalue weighted by Crippen LogP contribution is 2.29. The SMILES string of the molecule is Cc1nc2nc(N)nn2c(C)c1CCC(=O)OCC(=O)N[C@H]1CCC[C@@H](C)[C@H]1C. The molecule has 1 aliphatic carbocycles. The fraction of sp³-hybridized carbons (Fsp3) is 0.650. The third-order valence-electron chi connectivity index (χ3n) is 6.06. The van der Waals surface area contributed by atoms with Crippen molar-refractivity contribution < 1.29 is 14.3 Å². The highest BCUT2D eigenvalue weighted by molar-refractivity contribution is 5.80. The highest BCUT2D eigenvalue weighted by atomic mass is 16.5. The van der Waals surface area contributed by atoms with Crippen molar-refractivity contribution in [2.75, 3.05) is 12.3 Å². The van der Waals surface area contributed by atoms with Gasteiger partial charge in [0.25, 0.3) is 11.7 Å². The molecule has 1 amide bonds. The van der Waals surface area contributed by atoms with E-state index in [0.717, 1.165) is 29.8 Å². The first-order valence-electron chi connectivity index (χ1n) is 10.2. The van der Waals surface area contributed by atoms with Crippen LogP contribution in [0.15, 0.2) is 0 Å². The van der Waals surface area contributed by atoms with E-state index in [-0.39, 0.29) is 30.9 Å². The summed E-state index contributed by atoms with van der Waals surface area (Å²) in [6, 6.07) is 0.156. The van der Waals surface area contributed by atoms with Gasteiger partial charge < -0.3 is 15.8 Å². The summed E-state index contributed by atoms with van der Waals surface area (Å²) in [5.74, 6) is 0.966. The fourth-order valence-electron chi connectivity index (χ4n) is 4.07. The van der Waals surface area contributed by atoms with E-state index in [1.54, 1.807) is 4.52 Å². The maximum atomic E-state index is 12.2. The molecule has 1 saturated carbocycles. The molecule has 3 rings (SSSR count). The molecule has 9 heteroatoms. The van der Waals surface area contributed by atoms with E-state index in [1.165, 1.54) is 6.42 Å². The molecule has 1 fully saturated rings. The smallest absolute Gasteiger partial charge is 0.306 e. The average Bonchev–Trinajstić information content (AvgIpc) is 3.04. The van der Waals surface area contributed by atoms with Crippen LogP contribution in [-0.2, 0) is 20.7 Å². The zero-order valence-electron chi connectivity index (χ0n) is 17.6. The lowest BCUT2D eigenvalue weighted by Crippen LogP contribution is -2.45. The molecule has 0 aliphatic heterocycles. The summed E-state index contributed by atoms with van der Waals surface area (Å²) < 4.78 is 6.75. The summed E-state index contributed by atoms with van der Waals surface area (Å²) in [5.41, 5.74) is 8.14. The molecule has 0 radical (unpaired) electrons. The summed E-state index contributed by atoms with van der Waals surface area (Å²) in [4.78, 5) is 32.8. The van der Waals surface area contributed by atoms with E-state index in [4.69, 9.17) is 10.5 Å². The minimum Gasteiger partial charge on any atom is -0.456 e. The summed E-state index contributed by atoms with van der Waals surface area (Å²) in [6.45, 7) is 7.88. The maximum Gasteiger partial charge on any atom is 0.306 e. The molecule has 9 nitrogen and oxygen atoms in total.